The number of morpholine rings is 1. The second-order valence-electron chi connectivity index (χ2n) is 2.71. The highest BCUT2D eigenvalue weighted by Crippen LogP contribution is 2.09. The largest absolute Gasteiger partial charge is 0.372 e. The van der Waals surface area contributed by atoms with Gasteiger partial charge in [0.25, 0.3) is 0 Å². The highest BCUT2D eigenvalue weighted by Gasteiger charge is 2.21. The molecule has 4 heteroatoms. The van der Waals surface area contributed by atoms with Crippen LogP contribution in [0.15, 0.2) is 5.29 Å². The van der Waals surface area contributed by atoms with Gasteiger partial charge >= 0.3 is 0 Å². The van der Waals surface area contributed by atoms with Crippen molar-refractivity contribution in [2.45, 2.75) is 26.1 Å². The fraction of sp³-hybridized carbons (Fsp3) is 1.00. The molecule has 0 spiro atoms. The van der Waals surface area contributed by atoms with Crippen LogP contribution in [0.25, 0.3) is 0 Å². The summed E-state index contributed by atoms with van der Waals surface area (Å²) in [5.41, 5.74) is 0. The Kier molecular flexibility index (Phi) is 2.21. The van der Waals surface area contributed by atoms with Crippen LogP contribution in [0.3, 0.4) is 0 Å². The molecular weight excluding hydrogens is 132 g/mol. The third-order valence-electron chi connectivity index (χ3n) is 1.52. The van der Waals surface area contributed by atoms with Crippen molar-refractivity contribution in [3.63, 3.8) is 0 Å². The van der Waals surface area contributed by atoms with Crippen LogP contribution in [0.4, 0.5) is 0 Å². The van der Waals surface area contributed by atoms with Crippen molar-refractivity contribution in [3.8, 4) is 0 Å². The molecule has 0 unspecified atom stereocenters. The Morgan fingerprint density at radius 3 is 2.30 bits per heavy atom. The van der Waals surface area contributed by atoms with E-state index in [4.69, 9.17) is 4.74 Å². The third-order valence-corrected chi connectivity index (χ3v) is 1.52. The summed E-state index contributed by atoms with van der Waals surface area (Å²) in [4.78, 5) is 10.1. The lowest BCUT2D eigenvalue weighted by Gasteiger charge is -2.30. The number of hydrogen-bond acceptors (Lipinski definition) is 3. The van der Waals surface area contributed by atoms with Gasteiger partial charge in [-0.1, -0.05) is 0 Å². The summed E-state index contributed by atoms with van der Waals surface area (Å²) in [6, 6.07) is 0. The molecule has 0 N–H and O–H groups in total. The maximum Gasteiger partial charge on any atom is 0.0744 e. The predicted octanol–water partition coefficient (Wildman–Crippen LogP) is 0.777. The quantitative estimate of drug-likeness (QED) is 0.510. The zero-order valence-corrected chi connectivity index (χ0v) is 6.28. The first kappa shape index (κ1) is 7.47. The smallest absolute Gasteiger partial charge is 0.0744 e. The van der Waals surface area contributed by atoms with E-state index in [0.717, 1.165) is 0 Å². The normalized spacial score (nSPS) is 34.0. The van der Waals surface area contributed by atoms with Gasteiger partial charge in [0, 0.05) is 0 Å². The summed E-state index contributed by atoms with van der Waals surface area (Å²) in [6.45, 7) is 5.11. The molecule has 0 amide bonds. The Bertz CT molecular complexity index is 119. The molecule has 0 aromatic heterocycles. The average molecular weight is 144 g/mol. The molecule has 1 heterocycles. The van der Waals surface area contributed by atoms with E-state index >= 15 is 0 Å². The van der Waals surface area contributed by atoms with Gasteiger partial charge in [0.05, 0.1) is 30.6 Å². The summed E-state index contributed by atoms with van der Waals surface area (Å²) in [5.74, 6) is 0. The van der Waals surface area contributed by atoms with Crippen molar-refractivity contribution < 1.29 is 4.74 Å². The van der Waals surface area contributed by atoms with Gasteiger partial charge in [-0.3, -0.25) is 5.01 Å². The monoisotopic (exact) mass is 144 g/mol. The van der Waals surface area contributed by atoms with Gasteiger partial charge in [-0.05, 0) is 13.8 Å². The highest BCUT2D eigenvalue weighted by molar-refractivity contribution is 4.69. The molecular formula is C6H12N2O2. The van der Waals surface area contributed by atoms with E-state index in [-0.39, 0.29) is 12.2 Å². The molecule has 2 atom stereocenters. The molecule has 4 nitrogen and oxygen atoms in total. The molecule has 1 fully saturated rings. The summed E-state index contributed by atoms with van der Waals surface area (Å²) >= 11 is 0. The summed E-state index contributed by atoms with van der Waals surface area (Å²) < 4.78 is 5.38. The molecule has 58 valence electrons. The zero-order valence-electron chi connectivity index (χ0n) is 6.28. The van der Waals surface area contributed by atoms with Gasteiger partial charge in [0.2, 0.25) is 0 Å². The van der Waals surface area contributed by atoms with Gasteiger partial charge < -0.3 is 4.74 Å². The molecule has 10 heavy (non-hydrogen) atoms. The Balaban J connectivity index is 2.42. The van der Waals surface area contributed by atoms with E-state index < -0.39 is 0 Å². The summed E-state index contributed by atoms with van der Waals surface area (Å²) in [7, 11) is 0. The minimum atomic E-state index is 0.126. The number of hydrogen-bond donors (Lipinski definition) is 0. The SMILES string of the molecule is C[C@@H]1CN(N=O)C[C@@H](C)O1. The van der Waals surface area contributed by atoms with Crippen molar-refractivity contribution in [2.75, 3.05) is 13.1 Å². The first-order valence-corrected chi connectivity index (χ1v) is 3.46. The topological polar surface area (TPSA) is 41.9 Å². The first-order valence-electron chi connectivity index (χ1n) is 3.46. The maximum absolute atomic E-state index is 10.1. The molecule has 1 aliphatic heterocycles. The number of ether oxygens (including phenoxy) is 1. The van der Waals surface area contributed by atoms with Crippen molar-refractivity contribution in [2.24, 2.45) is 5.29 Å². The van der Waals surface area contributed by atoms with Crippen molar-refractivity contribution in [1.82, 2.24) is 5.01 Å². The second-order valence-corrected chi connectivity index (χ2v) is 2.71. The van der Waals surface area contributed by atoms with Crippen LogP contribution in [-0.2, 0) is 4.74 Å². The molecule has 0 aromatic carbocycles. The number of nitrogens with zero attached hydrogens (tertiary/aromatic N) is 2. The maximum atomic E-state index is 10.1. The zero-order chi connectivity index (χ0) is 7.56. The van der Waals surface area contributed by atoms with Crippen LogP contribution in [0.5, 0.6) is 0 Å². The van der Waals surface area contributed by atoms with Gasteiger partial charge in [0.1, 0.15) is 0 Å². The lowest BCUT2D eigenvalue weighted by molar-refractivity contribution is -0.0680. The fourth-order valence-electron chi connectivity index (χ4n) is 1.22. The van der Waals surface area contributed by atoms with E-state index in [1.54, 1.807) is 0 Å². The van der Waals surface area contributed by atoms with Crippen LogP contribution in [0, 0.1) is 4.91 Å². The molecule has 0 aliphatic carbocycles. The van der Waals surface area contributed by atoms with Crippen LogP contribution >= 0.6 is 0 Å². The third kappa shape index (κ3) is 1.67. The molecule has 0 aromatic rings. The van der Waals surface area contributed by atoms with E-state index in [9.17, 15) is 4.91 Å². The molecule has 0 radical (unpaired) electrons. The Morgan fingerprint density at radius 2 is 1.90 bits per heavy atom. The van der Waals surface area contributed by atoms with Gasteiger partial charge in [-0.15, -0.1) is 4.91 Å². The molecule has 1 aliphatic rings. The molecule has 0 saturated carbocycles. The van der Waals surface area contributed by atoms with Crippen molar-refractivity contribution in [3.05, 3.63) is 4.91 Å². The number of rotatable bonds is 1. The average Bonchev–Trinajstić information content (AvgIpc) is 1.85. The molecule has 0 bridgehead atoms. The standard InChI is InChI=1S/C6H12N2O2/c1-5-3-8(7-9)4-6(2)10-5/h5-6H,3-4H2,1-2H3/t5-,6-/m1/s1. The van der Waals surface area contributed by atoms with Gasteiger partial charge in [0.15, 0.2) is 0 Å². The van der Waals surface area contributed by atoms with Crippen molar-refractivity contribution >= 4 is 0 Å². The van der Waals surface area contributed by atoms with E-state index in [0.29, 0.717) is 13.1 Å². The highest BCUT2D eigenvalue weighted by atomic mass is 16.5. The minimum Gasteiger partial charge on any atom is -0.372 e. The number of nitroso groups, excluding NO2 is 1. The van der Waals surface area contributed by atoms with E-state index in [2.05, 4.69) is 5.29 Å². The van der Waals surface area contributed by atoms with E-state index in [1.165, 1.54) is 5.01 Å². The minimum absolute atomic E-state index is 0.126. The fourth-order valence-corrected chi connectivity index (χ4v) is 1.22. The second kappa shape index (κ2) is 2.96. The summed E-state index contributed by atoms with van der Waals surface area (Å²) in [5, 5.41) is 4.35. The van der Waals surface area contributed by atoms with Gasteiger partial charge in [-0.2, -0.15) is 0 Å². The Morgan fingerprint density at radius 1 is 1.40 bits per heavy atom. The molecule has 1 saturated heterocycles. The van der Waals surface area contributed by atoms with Gasteiger partial charge in [-0.25, -0.2) is 0 Å². The van der Waals surface area contributed by atoms with Crippen molar-refractivity contribution in [1.29, 1.82) is 0 Å². The summed E-state index contributed by atoms with van der Waals surface area (Å²) in [6.07, 6.45) is 0.253. The molecule has 1 rings (SSSR count). The van der Waals surface area contributed by atoms with E-state index in [1.807, 2.05) is 13.8 Å². The lowest BCUT2D eigenvalue weighted by Crippen LogP contribution is -2.42. The predicted molar refractivity (Wildman–Crippen MR) is 37.4 cm³/mol. The van der Waals surface area contributed by atoms with Crippen LogP contribution in [-0.4, -0.2) is 30.3 Å². The lowest BCUT2D eigenvalue weighted by atomic mass is 10.3. The van der Waals surface area contributed by atoms with Crippen LogP contribution in [0.1, 0.15) is 13.8 Å². The van der Waals surface area contributed by atoms with Crippen LogP contribution < -0.4 is 0 Å². The Hall–Kier alpha value is -0.640. The Labute approximate surface area is 60.1 Å². The first-order chi connectivity index (χ1) is 4.72. The van der Waals surface area contributed by atoms with Crippen LogP contribution in [0.2, 0.25) is 0 Å².